The number of hydrogen-bond acceptors (Lipinski definition) is 3. The summed E-state index contributed by atoms with van der Waals surface area (Å²) in [5, 5.41) is 14.3. The lowest BCUT2D eigenvalue weighted by Gasteiger charge is -2.10. The minimum absolute atomic E-state index is 0. The number of fused-ring (bicyclic) bond motifs is 1. The molecule has 0 spiro atoms. The van der Waals surface area contributed by atoms with Crippen molar-refractivity contribution in [3.63, 3.8) is 0 Å². The Hall–Kier alpha value is -2.50. The fourth-order valence-corrected chi connectivity index (χ4v) is 2.74. The molecule has 1 N–H and O–H groups in total. The molecule has 0 aliphatic heterocycles. The first-order valence-corrected chi connectivity index (χ1v) is 8.66. The van der Waals surface area contributed by atoms with Gasteiger partial charge in [0.25, 0.3) is 0 Å². The number of halogens is 3. The molecule has 0 saturated carbocycles. The molecular formula is C21H19Cl3N4. The third kappa shape index (κ3) is 5.27. The number of nitrogens with one attached hydrogen (secondary N) is 1. The molecule has 0 unspecified atom stereocenters. The van der Waals surface area contributed by atoms with Crippen LogP contribution >= 0.6 is 36.4 Å². The maximum absolute atomic E-state index is 7.26. The van der Waals surface area contributed by atoms with Crippen molar-refractivity contribution in [3.8, 4) is 11.8 Å². The SMILES string of the molecule is Cl.Cl.[C-]#[N+]c1ccc2c(C#CCC)nnc(NCc3ccc(C)c(Cl)c3)c2c1. The van der Waals surface area contributed by atoms with Crippen LogP contribution < -0.4 is 5.32 Å². The number of benzene rings is 2. The molecule has 28 heavy (non-hydrogen) atoms. The molecular weight excluding hydrogens is 415 g/mol. The third-order valence-corrected chi connectivity index (χ3v) is 4.38. The summed E-state index contributed by atoms with van der Waals surface area (Å²) in [5.41, 5.74) is 3.27. The Bertz CT molecular complexity index is 1080. The van der Waals surface area contributed by atoms with E-state index in [4.69, 9.17) is 18.2 Å². The molecule has 2 aromatic carbocycles. The molecule has 0 saturated heterocycles. The van der Waals surface area contributed by atoms with Crippen molar-refractivity contribution < 1.29 is 0 Å². The van der Waals surface area contributed by atoms with E-state index in [1.165, 1.54) is 0 Å². The van der Waals surface area contributed by atoms with Crippen LogP contribution in [0.3, 0.4) is 0 Å². The van der Waals surface area contributed by atoms with Crippen LogP contribution in [0.2, 0.25) is 5.02 Å². The van der Waals surface area contributed by atoms with Crippen molar-refractivity contribution in [3.05, 3.63) is 69.7 Å². The lowest BCUT2D eigenvalue weighted by Crippen LogP contribution is -2.04. The zero-order valence-corrected chi connectivity index (χ0v) is 17.8. The summed E-state index contributed by atoms with van der Waals surface area (Å²) in [4.78, 5) is 3.51. The number of anilines is 1. The van der Waals surface area contributed by atoms with Crippen LogP contribution in [0.25, 0.3) is 15.6 Å². The molecule has 0 aliphatic rings. The maximum atomic E-state index is 7.26. The number of rotatable bonds is 3. The van der Waals surface area contributed by atoms with E-state index >= 15 is 0 Å². The zero-order valence-electron chi connectivity index (χ0n) is 15.4. The molecule has 0 bridgehead atoms. The van der Waals surface area contributed by atoms with Gasteiger partial charge in [-0.3, -0.25) is 0 Å². The van der Waals surface area contributed by atoms with Crippen LogP contribution in [0.1, 0.15) is 30.2 Å². The second-order valence-corrected chi connectivity index (χ2v) is 6.24. The molecule has 1 aromatic heterocycles. The first kappa shape index (κ1) is 23.5. The normalized spacial score (nSPS) is 9.36. The fraction of sp³-hybridized carbons (Fsp3) is 0.190. The first-order valence-electron chi connectivity index (χ1n) is 8.28. The van der Waals surface area contributed by atoms with Crippen molar-refractivity contribution in [1.29, 1.82) is 0 Å². The Balaban J connectivity index is 0.00000196. The van der Waals surface area contributed by atoms with E-state index in [-0.39, 0.29) is 24.8 Å². The number of hydrogen-bond donors (Lipinski definition) is 1. The summed E-state index contributed by atoms with van der Waals surface area (Å²) < 4.78 is 0. The van der Waals surface area contributed by atoms with Gasteiger partial charge in [0.15, 0.2) is 11.5 Å². The van der Waals surface area contributed by atoms with Crippen LogP contribution in [-0.4, -0.2) is 10.2 Å². The smallest absolute Gasteiger partial charge is 0.188 e. The second-order valence-electron chi connectivity index (χ2n) is 5.83. The van der Waals surface area contributed by atoms with Crippen LogP contribution in [0.15, 0.2) is 36.4 Å². The number of nitrogens with zero attached hydrogens (tertiary/aromatic N) is 3. The van der Waals surface area contributed by atoms with Crippen LogP contribution in [0.5, 0.6) is 0 Å². The largest absolute Gasteiger partial charge is 0.364 e. The van der Waals surface area contributed by atoms with Crippen LogP contribution in [0, 0.1) is 25.3 Å². The highest BCUT2D eigenvalue weighted by molar-refractivity contribution is 6.31. The Labute approximate surface area is 182 Å². The van der Waals surface area contributed by atoms with Gasteiger partial charge in [0.05, 0.1) is 6.57 Å². The first-order chi connectivity index (χ1) is 12.6. The van der Waals surface area contributed by atoms with E-state index in [9.17, 15) is 0 Å². The van der Waals surface area contributed by atoms with Gasteiger partial charge in [-0.1, -0.05) is 48.7 Å². The van der Waals surface area contributed by atoms with Gasteiger partial charge >= 0.3 is 0 Å². The number of aryl methyl sites for hydroxylation is 1. The number of aromatic nitrogens is 2. The zero-order chi connectivity index (χ0) is 18.5. The lowest BCUT2D eigenvalue weighted by atomic mass is 10.1. The minimum Gasteiger partial charge on any atom is -0.364 e. The summed E-state index contributed by atoms with van der Waals surface area (Å²) in [5.74, 6) is 6.70. The molecule has 0 fully saturated rings. The van der Waals surface area contributed by atoms with Gasteiger partial charge in [-0.25, -0.2) is 4.85 Å². The van der Waals surface area contributed by atoms with Gasteiger partial charge in [-0.15, -0.1) is 35.0 Å². The Kier molecular flexibility index (Phi) is 9.03. The van der Waals surface area contributed by atoms with E-state index < -0.39 is 0 Å². The van der Waals surface area contributed by atoms with Crippen molar-refractivity contribution in [1.82, 2.24) is 10.2 Å². The standard InChI is InChI=1S/C21H17ClN4.2ClH/c1-4-5-6-20-17-10-9-16(23-3)12-18(17)21(26-25-20)24-13-15-8-7-14(2)19(22)11-15;;/h7-12H,4,13H2,1-2H3,(H,24,26);2*1H. The average molecular weight is 434 g/mol. The molecule has 3 aromatic rings. The minimum atomic E-state index is 0. The molecule has 0 radical (unpaired) electrons. The average Bonchev–Trinajstić information content (AvgIpc) is 2.67. The fourth-order valence-electron chi connectivity index (χ4n) is 2.54. The molecule has 0 atom stereocenters. The van der Waals surface area contributed by atoms with Crippen molar-refractivity contribution in [2.45, 2.75) is 26.8 Å². The van der Waals surface area contributed by atoms with Gasteiger partial charge in [-0.05, 0) is 36.1 Å². The predicted octanol–water partition coefficient (Wildman–Crippen LogP) is 6.36. The van der Waals surface area contributed by atoms with Gasteiger partial charge in [-0.2, -0.15) is 0 Å². The van der Waals surface area contributed by atoms with Gasteiger partial charge < -0.3 is 5.32 Å². The summed E-state index contributed by atoms with van der Waals surface area (Å²) in [6, 6.07) is 11.4. The van der Waals surface area contributed by atoms with Crippen molar-refractivity contribution in [2.75, 3.05) is 5.32 Å². The van der Waals surface area contributed by atoms with E-state index in [0.29, 0.717) is 23.7 Å². The van der Waals surface area contributed by atoms with Gasteiger partial charge in [0.2, 0.25) is 0 Å². The lowest BCUT2D eigenvalue weighted by molar-refractivity contribution is 1.00. The van der Waals surface area contributed by atoms with Crippen molar-refractivity contribution >= 4 is 58.7 Å². The predicted molar refractivity (Wildman–Crippen MR) is 121 cm³/mol. The van der Waals surface area contributed by atoms with Gasteiger partial charge in [0.1, 0.15) is 5.69 Å². The van der Waals surface area contributed by atoms with E-state index in [0.717, 1.165) is 33.3 Å². The topological polar surface area (TPSA) is 42.2 Å². The molecule has 0 aliphatic carbocycles. The Morgan fingerprint density at radius 2 is 1.89 bits per heavy atom. The van der Waals surface area contributed by atoms with Crippen LogP contribution in [-0.2, 0) is 6.54 Å². The van der Waals surface area contributed by atoms with E-state index in [1.54, 1.807) is 6.07 Å². The van der Waals surface area contributed by atoms with E-state index in [2.05, 4.69) is 32.2 Å². The quantitative estimate of drug-likeness (QED) is 0.386. The molecule has 7 heteroatoms. The molecule has 144 valence electrons. The molecule has 4 nitrogen and oxygen atoms in total. The maximum Gasteiger partial charge on any atom is 0.188 e. The second kappa shape index (κ2) is 10.7. The molecule has 3 rings (SSSR count). The summed E-state index contributed by atoms with van der Waals surface area (Å²) >= 11 is 6.20. The highest BCUT2D eigenvalue weighted by Gasteiger charge is 2.09. The summed E-state index contributed by atoms with van der Waals surface area (Å²) in [7, 11) is 0. The highest BCUT2D eigenvalue weighted by atomic mass is 35.5. The Morgan fingerprint density at radius 1 is 1.11 bits per heavy atom. The monoisotopic (exact) mass is 432 g/mol. The van der Waals surface area contributed by atoms with E-state index in [1.807, 2.05) is 44.2 Å². The molecule has 1 heterocycles. The summed E-state index contributed by atoms with van der Waals surface area (Å²) in [6.07, 6.45) is 0.748. The van der Waals surface area contributed by atoms with Gasteiger partial charge in [0, 0.05) is 28.8 Å². The third-order valence-electron chi connectivity index (χ3n) is 3.97. The Morgan fingerprint density at radius 3 is 2.57 bits per heavy atom. The van der Waals surface area contributed by atoms with Crippen molar-refractivity contribution in [2.24, 2.45) is 0 Å². The highest BCUT2D eigenvalue weighted by Crippen LogP contribution is 2.28. The summed E-state index contributed by atoms with van der Waals surface area (Å²) in [6.45, 7) is 11.8. The van der Waals surface area contributed by atoms with Crippen LogP contribution in [0.4, 0.5) is 11.5 Å². The molecule has 0 amide bonds.